The highest BCUT2D eigenvalue weighted by atomic mass is 35.5. The highest BCUT2D eigenvalue weighted by Crippen LogP contribution is 2.28. The number of rotatable bonds is 4. The molecule has 0 fully saturated rings. The fourth-order valence-corrected chi connectivity index (χ4v) is 2.46. The average Bonchev–Trinajstić information content (AvgIpc) is 2.41. The number of hydrazine groups is 1. The number of hydrogen-bond acceptors (Lipinski definition) is 2. The normalized spacial score (nSPS) is 12.4. The second-order valence-electron chi connectivity index (χ2n) is 4.63. The van der Waals surface area contributed by atoms with E-state index < -0.39 is 11.9 Å². The van der Waals surface area contributed by atoms with Gasteiger partial charge in [-0.25, -0.2) is 8.78 Å². The summed E-state index contributed by atoms with van der Waals surface area (Å²) in [7, 11) is 0. The number of nitrogens with two attached hydrogens (primary N) is 1. The van der Waals surface area contributed by atoms with Crippen molar-refractivity contribution in [3.63, 3.8) is 0 Å². The molecule has 0 saturated carbocycles. The molecule has 5 heteroatoms. The number of halogens is 3. The molecule has 3 N–H and O–H groups in total. The van der Waals surface area contributed by atoms with Crippen LogP contribution in [0, 0.1) is 18.6 Å². The summed E-state index contributed by atoms with van der Waals surface area (Å²) < 4.78 is 27.2. The predicted molar refractivity (Wildman–Crippen MR) is 76.3 cm³/mol. The Morgan fingerprint density at radius 3 is 2.65 bits per heavy atom. The van der Waals surface area contributed by atoms with Crippen molar-refractivity contribution in [2.75, 3.05) is 0 Å². The molecule has 0 spiro atoms. The molecule has 0 aromatic heterocycles. The van der Waals surface area contributed by atoms with Crippen LogP contribution in [0.25, 0.3) is 0 Å². The van der Waals surface area contributed by atoms with Crippen molar-refractivity contribution in [3.8, 4) is 0 Å². The lowest BCUT2D eigenvalue weighted by Crippen LogP contribution is -2.30. The van der Waals surface area contributed by atoms with Crippen LogP contribution in [0.15, 0.2) is 36.4 Å². The molecule has 106 valence electrons. The Morgan fingerprint density at radius 2 is 2.00 bits per heavy atom. The molecule has 2 nitrogen and oxygen atoms in total. The van der Waals surface area contributed by atoms with Crippen LogP contribution in [0.4, 0.5) is 8.78 Å². The van der Waals surface area contributed by atoms with Crippen LogP contribution >= 0.6 is 11.6 Å². The van der Waals surface area contributed by atoms with E-state index in [1.807, 2.05) is 6.92 Å². The van der Waals surface area contributed by atoms with E-state index in [1.165, 1.54) is 24.3 Å². The molecule has 2 aromatic rings. The van der Waals surface area contributed by atoms with Crippen molar-refractivity contribution in [2.24, 2.45) is 5.84 Å². The zero-order valence-corrected chi connectivity index (χ0v) is 11.7. The lowest BCUT2D eigenvalue weighted by molar-refractivity contribution is 0.508. The maximum Gasteiger partial charge on any atom is 0.129 e. The molecular formula is C15H15ClF2N2. The second kappa shape index (κ2) is 6.31. The third kappa shape index (κ3) is 3.15. The van der Waals surface area contributed by atoms with Crippen LogP contribution in [-0.4, -0.2) is 0 Å². The number of aryl methyl sites for hydroxylation is 1. The first-order valence-corrected chi connectivity index (χ1v) is 6.55. The van der Waals surface area contributed by atoms with Crippen molar-refractivity contribution < 1.29 is 8.78 Å². The molecule has 1 unspecified atom stereocenters. The van der Waals surface area contributed by atoms with Crippen molar-refractivity contribution in [2.45, 2.75) is 19.4 Å². The largest absolute Gasteiger partial charge is 0.271 e. The number of benzene rings is 2. The van der Waals surface area contributed by atoms with Gasteiger partial charge < -0.3 is 0 Å². The van der Waals surface area contributed by atoms with Gasteiger partial charge in [-0.3, -0.25) is 11.3 Å². The molecule has 2 rings (SSSR count). The Hall–Kier alpha value is -1.49. The van der Waals surface area contributed by atoms with E-state index in [9.17, 15) is 8.78 Å². The van der Waals surface area contributed by atoms with Gasteiger partial charge in [-0.1, -0.05) is 23.7 Å². The smallest absolute Gasteiger partial charge is 0.129 e. The SMILES string of the molecule is Cc1ccc(F)cc1CC(NN)c1c(F)cccc1Cl. The fraction of sp³-hybridized carbons (Fsp3) is 0.200. The number of nitrogens with one attached hydrogen (secondary N) is 1. The molecule has 0 radical (unpaired) electrons. The van der Waals surface area contributed by atoms with Gasteiger partial charge in [-0.2, -0.15) is 0 Å². The summed E-state index contributed by atoms with van der Waals surface area (Å²) in [4.78, 5) is 0. The maximum atomic E-state index is 13.9. The summed E-state index contributed by atoms with van der Waals surface area (Å²) in [6.45, 7) is 1.87. The molecule has 0 heterocycles. The molecular weight excluding hydrogens is 282 g/mol. The second-order valence-corrected chi connectivity index (χ2v) is 5.04. The van der Waals surface area contributed by atoms with Crippen molar-refractivity contribution in [3.05, 3.63) is 69.7 Å². The summed E-state index contributed by atoms with van der Waals surface area (Å²) >= 11 is 6.03. The van der Waals surface area contributed by atoms with Gasteiger partial charge in [0.15, 0.2) is 0 Å². The Kier molecular flexibility index (Phi) is 4.70. The molecule has 20 heavy (non-hydrogen) atoms. The first-order valence-electron chi connectivity index (χ1n) is 6.18. The quantitative estimate of drug-likeness (QED) is 0.667. The lowest BCUT2D eigenvalue weighted by atomic mass is 9.96. The van der Waals surface area contributed by atoms with E-state index in [0.717, 1.165) is 11.1 Å². The minimum absolute atomic E-state index is 0.292. The lowest BCUT2D eigenvalue weighted by Gasteiger charge is -2.19. The van der Waals surface area contributed by atoms with Crippen LogP contribution in [0.1, 0.15) is 22.7 Å². The first-order chi connectivity index (χ1) is 9.52. The Balaban J connectivity index is 2.36. The zero-order valence-electron chi connectivity index (χ0n) is 11.0. The topological polar surface area (TPSA) is 38.0 Å². The highest BCUT2D eigenvalue weighted by molar-refractivity contribution is 6.31. The fourth-order valence-electron chi connectivity index (χ4n) is 2.17. The van der Waals surface area contributed by atoms with E-state index in [4.69, 9.17) is 17.4 Å². The maximum absolute atomic E-state index is 13.9. The van der Waals surface area contributed by atoms with E-state index in [2.05, 4.69) is 5.43 Å². The van der Waals surface area contributed by atoms with Gasteiger partial charge in [0.2, 0.25) is 0 Å². The van der Waals surface area contributed by atoms with Crippen LogP contribution in [0.3, 0.4) is 0 Å². The summed E-state index contributed by atoms with van der Waals surface area (Å²) in [5.74, 6) is 4.74. The summed E-state index contributed by atoms with van der Waals surface area (Å²) in [6, 6.07) is 8.42. The van der Waals surface area contributed by atoms with Gasteiger partial charge in [0.05, 0.1) is 6.04 Å². The monoisotopic (exact) mass is 296 g/mol. The van der Waals surface area contributed by atoms with Crippen LogP contribution < -0.4 is 11.3 Å². The van der Waals surface area contributed by atoms with Gasteiger partial charge in [0.1, 0.15) is 11.6 Å². The highest BCUT2D eigenvalue weighted by Gasteiger charge is 2.19. The summed E-state index contributed by atoms with van der Waals surface area (Å²) in [5.41, 5.74) is 4.51. The third-order valence-corrected chi connectivity index (χ3v) is 3.61. The van der Waals surface area contributed by atoms with Gasteiger partial charge in [0, 0.05) is 10.6 Å². The van der Waals surface area contributed by atoms with Crippen LogP contribution in [0.5, 0.6) is 0 Å². The van der Waals surface area contributed by atoms with E-state index in [1.54, 1.807) is 12.1 Å². The van der Waals surface area contributed by atoms with Crippen LogP contribution in [0.2, 0.25) is 5.02 Å². The van der Waals surface area contributed by atoms with Gasteiger partial charge >= 0.3 is 0 Å². The molecule has 1 atom stereocenters. The van der Waals surface area contributed by atoms with Gasteiger partial charge in [-0.15, -0.1) is 0 Å². The Bertz CT molecular complexity index is 597. The molecule has 0 aliphatic heterocycles. The van der Waals surface area contributed by atoms with Crippen LogP contribution in [-0.2, 0) is 6.42 Å². The molecule has 0 bridgehead atoms. The summed E-state index contributed by atoms with van der Waals surface area (Å²) in [6.07, 6.45) is 0.348. The first kappa shape index (κ1) is 14.9. The molecule has 0 amide bonds. The molecule has 0 saturated heterocycles. The minimum atomic E-state index is -0.524. The van der Waals surface area contributed by atoms with Crippen molar-refractivity contribution >= 4 is 11.6 Å². The molecule has 0 aliphatic rings. The van der Waals surface area contributed by atoms with E-state index >= 15 is 0 Å². The zero-order chi connectivity index (χ0) is 14.7. The van der Waals surface area contributed by atoms with Gasteiger partial charge in [0.25, 0.3) is 0 Å². The Labute approximate surface area is 121 Å². The Morgan fingerprint density at radius 1 is 1.25 bits per heavy atom. The standard InChI is InChI=1S/C15H15ClF2N2/c1-9-5-6-11(17)7-10(9)8-14(20-19)15-12(16)3-2-4-13(15)18/h2-7,14,20H,8,19H2,1H3. The summed E-state index contributed by atoms with van der Waals surface area (Å²) in [5, 5.41) is 0.294. The van der Waals surface area contributed by atoms with E-state index in [0.29, 0.717) is 17.0 Å². The van der Waals surface area contributed by atoms with E-state index in [-0.39, 0.29) is 5.82 Å². The third-order valence-electron chi connectivity index (χ3n) is 3.28. The van der Waals surface area contributed by atoms with Crippen molar-refractivity contribution in [1.29, 1.82) is 0 Å². The van der Waals surface area contributed by atoms with Gasteiger partial charge in [-0.05, 0) is 48.7 Å². The molecule has 0 aliphatic carbocycles. The number of hydrogen-bond donors (Lipinski definition) is 2. The molecule has 2 aromatic carbocycles. The predicted octanol–water partition coefficient (Wildman–Crippen LogP) is 3.67. The minimum Gasteiger partial charge on any atom is -0.271 e. The van der Waals surface area contributed by atoms with Crippen molar-refractivity contribution in [1.82, 2.24) is 5.43 Å². The average molecular weight is 297 g/mol.